The van der Waals surface area contributed by atoms with E-state index in [0.29, 0.717) is 39.5 Å². The van der Waals surface area contributed by atoms with Crippen molar-refractivity contribution in [1.29, 1.82) is 0 Å². The zero-order valence-corrected chi connectivity index (χ0v) is 35.3. The molecule has 5 heterocycles. The molecule has 1 aromatic heterocycles. The molecular weight excluding hydrogens is 844 g/mol. The first-order valence-corrected chi connectivity index (χ1v) is 22.1. The van der Waals surface area contributed by atoms with Crippen molar-refractivity contribution in [2.75, 3.05) is 46.2 Å². The standard InChI is InChI=1S/C41H42Cl2N4O10S2/c1-54-33-12-11-27(20-35(33)55-2)34(21-30-31(42)22-46(51)23-32(30)43)56-41(50)39-47(17-18-58-39)59(52,53)29-10-6-9-28(19-29)38(48)44-37(26-7-4-3-5-8-26)40(49)57-36-24-45-15-13-25(36)14-16-45/h3-12,19-20,22-23,25,34,36-37,39H,13-18,21,24H2,1-2H3,(H,44,48)/t34-,36-,37?,39-/m0/s1. The average Bonchev–Trinajstić information content (AvgIpc) is 3.76. The molecule has 312 valence electrons. The smallest absolute Gasteiger partial charge is 0.335 e. The van der Waals surface area contributed by atoms with Crippen molar-refractivity contribution in [2.24, 2.45) is 5.92 Å². The summed E-state index contributed by atoms with van der Waals surface area (Å²) in [6, 6.07) is 17.9. The highest BCUT2D eigenvalue weighted by atomic mass is 35.5. The van der Waals surface area contributed by atoms with Gasteiger partial charge < -0.3 is 29.5 Å². The van der Waals surface area contributed by atoms with Crippen LogP contribution in [0.3, 0.4) is 0 Å². The van der Waals surface area contributed by atoms with Crippen LogP contribution in [0.25, 0.3) is 0 Å². The summed E-state index contributed by atoms with van der Waals surface area (Å²) >= 11 is 13.9. The highest BCUT2D eigenvalue weighted by Gasteiger charge is 2.43. The van der Waals surface area contributed by atoms with E-state index < -0.39 is 45.4 Å². The number of carbonyl (C=O) groups is 3. The largest absolute Gasteiger partial charge is 0.619 e. The lowest BCUT2D eigenvalue weighted by Crippen LogP contribution is -2.52. The second-order valence-corrected chi connectivity index (χ2v) is 18.2. The summed E-state index contributed by atoms with van der Waals surface area (Å²) in [5.41, 5.74) is 1.29. The summed E-state index contributed by atoms with van der Waals surface area (Å²) in [5, 5.41) is 13.5. The molecule has 1 N–H and O–H groups in total. The fourth-order valence-corrected chi connectivity index (χ4v) is 11.3. The van der Waals surface area contributed by atoms with Crippen LogP contribution in [0.1, 0.15) is 52.0 Å². The molecule has 4 aliphatic heterocycles. The number of sulfonamides is 1. The molecule has 0 saturated carbocycles. The number of amides is 1. The van der Waals surface area contributed by atoms with Gasteiger partial charge in [0.2, 0.25) is 10.0 Å². The fraction of sp³-hybridized carbons (Fsp3) is 0.366. The molecule has 4 atom stereocenters. The van der Waals surface area contributed by atoms with Crippen molar-refractivity contribution in [3.05, 3.63) is 123 Å². The van der Waals surface area contributed by atoms with Crippen LogP contribution in [-0.2, 0) is 35.5 Å². The predicted molar refractivity (Wildman–Crippen MR) is 220 cm³/mol. The Labute approximate surface area is 356 Å². The minimum atomic E-state index is -4.39. The second-order valence-electron chi connectivity index (χ2n) is 14.3. The topological polar surface area (TPSA) is 168 Å². The zero-order valence-electron chi connectivity index (χ0n) is 32.1. The highest BCUT2D eigenvalue weighted by Crippen LogP contribution is 2.38. The first kappa shape index (κ1) is 42.5. The molecule has 2 bridgehead atoms. The monoisotopic (exact) mass is 884 g/mol. The van der Waals surface area contributed by atoms with Crippen LogP contribution in [0.15, 0.2) is 90.1 Å². The second kappa shape index (κ2) is 18.4. The molecule has 4 saturated heterocycles. The third-order valence-electron chi connectivity index (χ3n) is 10.7. The van der Waals surface area contributed by atoms with Crippen molar-refractivity contribution in [2.45, 2.75) is 47.8 Å². The Morgan fingerprint density at radius 1 is 0.915 bits per heavy atom. The van der Waals surface area contributed by atoms with E-state index in [1.165, 1.54) is 38.5 Å². The number of piperidine rings is 3. The van der Waals surface area contributed by atoms with Gasteiger partial charge in [0.15, 0.2) is 35.3 Å². The Kier molecular flexibility index (Phi) is 13.2. The Balaban J connectivity index is 1.11. The van der Waals surface area contributed by atoms with Gasteiger partial charge in [-0.3, -0.25) is 9.69 Å². The van der Waals surface area contributed by atoms with Gasteiger partial charge in [-0.1, -0.05) is 65.7 Å². The first-order valence-electron chi connectivity index (χ1n) is 18.9. The number of rotatable bonds is 14. The lowest BCUT2D eigenvalue weighted by Gasteiger charge is -2.44. The van der Waals surface area contributed by atoms with Crippen molar-refractivity contribution in [1.82, 2.24) is 14.5 Å². The summed E-state index contributed by atoms with van der Waals surface area (Å²) < 4.78 is 53.0. The van der Waals surface area contributed by atoms with Gasteiger partial charge in [0.05, 0.1) is 19.1 Å². The van der Waals surface area contributed by atoms with Gasteiger partial charge in [-0.25, -0.2) is 18.0 Å². The number of hydrogen-bond donors (Lipinski definition) is 1. The molecule has 0 radical (unpaired) electrons. The number of fused-ring (bicyclic) bond motifs is 3. The quantitative estimate of drug-likeness (QED) is 0.0983. The molecule has 8 rings (SSSR count). The molecule has 18 heteroatoms. The van der Waals surface area contributed by atoms with Crippen LogP contribution in [0.5, 0.6) is 11.5 Å². The number of halogens is 2. The van der Waals surface area contributed by atoms with Crippen molar-refractivity contribution < 1.29 is 46.5 Å². The molecule has 3 aromatic carbocycles. The number of hydrogen-bond acceptors (Lipinski definition) is 12. The number of benzene rings is 3. The number of nitrogens with one attached hydrogen (secondary N) is 1. The molecule has 4 aliphatic rings. The average molecular weight is 886 g/mol. The summed E-state index contributed by atoms with van der Waals surface area (Å²) in [5.74, 6) is -0.846. The number of aromatic nitrogens is 1. The van der Waals surface area contributed by atoms with Gasteiger partial charge in [0.1, 0.15) is 22.3 Å². The minimum absolute atomic E-state index is 0.0156. The molecule has 1 amide bonds. The summed E-state index contributed by atoms with van der Waals surface area (Å²) in [6.07, 6.45) is 2.71. The Morgan fingerprint density at radius 2 is 1.63 bits per heavy atom. The minimum Gasteiger partial charge on any atom is -0.619 e. The van der Waals surface area contributed by atoms with Gasteiger partial charge in [-0.2, -0.15) is 9.04 Å². The molecule has 59 heavy (non-hydrogen) atoms. The number of carbonyl (C=O) groups excluding carboxylic acids is 3. The third-order valence-corrected chi connectivity index (χ3v) is 14.6. The van der Waals surface area contributed by atoms with Crippen LogP contribution in [0, 0.1) is 11.1 Å². The number of ether oxygens (including phenoxy) is 4. The first-order chi connectivity index (χ1) is 28.4. The Morgan fingerprint density at radius 3 is 2.29 bits per heavy atom. The van der Waals surface area contributed by atoms with Crippen molar-refractivity contribution in [3.8, 4) is 11.5 Å². The van der Waals surface area contributed by atoms with E-state index >= 15 is 0 Å². The number of methoxy groups -OCH3 is 2. The van der Waals surface area contributed by atoms with Crippen LogP contribution < -0.4 is 19.5 Å². The predicted octanol–water partition coefficient (Wildman–Crippen LogP) is 5.34. The van der Waals surface area contributed by atoms with Crippen LogP contribution in [0.4, 0.5) is 0 Å². The molecule has 14 nitrogen and oxygen atoms in total. The normalized spacial score (nSPS) is 21.3. The molecule has 1 unspecified atom stereocenters. The lowest BCUT2D eigenvalue weighted by atomic mass is 9.86. The van der Waals surface area contributed by atoms with Crippen LogP contribution in [-0.4, -0.2) is 93.1 Å². The molecular formula is C41H42Cl2N4O10S2. The number of pyridine rings is 1. The Hall–Kier alpha value is -4.58. The van der Waals surface area contributed by atoms with Gasteiger partial charge in [-0.15, -0.1) is 11.8 Å². The molecule has 0 spiro atoms. The number of thioether (sulfide) groups is 1. The third kappa shape index (κ3) is 9.42. The SMILES string of the molecule is COc1ccc([C@H](Cc2c(Cl)c[n+]([O-])cc2Cl)OC(=O)[C@@H]2SCCN2S(=O)(=O)c2cccc(C(=O)NC(C(=O)O[C@H]3CN4CCC3CC4)c3ccccc3)c2)cc1OC. The molecule has 4 aromatic rings. The van der Waals surface area contributed by atoms with Crippen LogP contribution >= 0.6 is 35.0 Å². The van der Waals surface area contributed by atoms with Crippen molar-refractivity contribution in [3.63, 3.8) is 0 Å². The van der Waals surface area contributed by atoms with Gasteiger partial charge in [0.25, 0.3) is 5.91 Å². The molecule has 4 fully saturated rings. The van der Waals surface area contributed by atoms with Crippen molar-refractivity contribution >= 4 is 62.8 Å². The van der Waals surface area contributed by atoms with Gasteiger partial charge in [0, 0.05) is 36.4 Å². The van der Waals surface area contributed by atoms with E-state index in [-0.39, 0.29) is 51.2 Å². The van der Waals surface area contributed by atoms with Gasteiger partial charge in [-0.05, 0) is 73.3 Å². The number of esters is 2. The maximum atomic E-state index is 14.3. The van der Waals surface area contributed by atoms with Gasteiger partial charge >= 0.3 is 11.9 Å². The molecule has 0 aliphatic carbocycles. The van der Waals surface area contributed by atoms with E-state index in [1.807, 2.05) is 0 Å². The maximum absolute atomic E-state index is 14.3. The van der Waals surface area contributed by atoms with E-state index in [2.05, 4.69) is 10.2 Å². The van der Waals surface area contributed by atoms with E-state index in [4.69, 9.17) is 42.1 Å². The Bertz CT molecular complexity index is 2290. The van der Waals surface area contributed by atoms with Crippen LogP contribution in [0.2, 0.25) is 10.0 Å². The fourth-order valence-electron chi connectivity index (χ4n) is 7.61. The number of nitrogens with zero attached hydrogens (tertiary/aromatic N) is 3. The summed E-state index contributed by atoms with van der Waals surface area (Å²) in [6.45, 7) is 2.56. The highest BCUT2D eigenvalue weighted by molar-refractivity contribution is 8.02. The summed E-state index contributed by atoms with van der Waals surface area (Å²) in [4.78, 5) is 43.6. The lowest BCUT2D eigenvalue weighted by molar-refractivity contribution is -0.605. The summed E-state index contributed by atoms with van der Waals surface area (Å²) in [7, 11) is -1.46. The van der Waals surface area contributed by atoms with E-state index in [9.17, 15) is 28.0 Å². The zero-order chi connectivity index (χ0) is 41.8. The van der Waals surface area contributed by atoms with E-state index in [0.717, 1.165) is 54.4 Å². The maximum Gasteiger partial charge on any atom is 0.335 e. The van der Waals surface area contributed by atoms with E-state index in [1.54, 1.807) is 48.5 Å².